The highest BCUT2D eigenvalue weighted by molar-refractivity contribution is 6.05. The number of amides is 1. The lowest BCUT2D eigenvalue weighted by atomic mass is 9.96. The number of alkyl halides is 6. The molecule has 31 heavy (non-hydrogen) atoms. The quantitative estimate of drug-likeness (QED) is 0.436. The van der Waals surface area contributed by atoms with Crippen LogP contribution < -0.4 is 5.32 Å². The maximum atomic E-state index is 13.8. The Labute approximate surface area is 170 Å². The second kappa shape index (κ2) is 8.01. The van der Waals surface area contributed by atoms with E-state index in [4.69, 9.17) is 0 Å². The van der Waals surface area contributed by atoms with E-state index in [9.17, 15) is 39.9 Å². The summed E-state index contributed by atoms with van der Waals surface area (Å²) in [6, 6.07) is 8.61. The van der Waals surface area contributed by atoms with Gasteiger partial charge in [-0.05, 0) is 41.5 Å². The lowest BCUT2D eigenvalue weighted by molar-refractivity contribution is -0.137. The molecular formula is C21H11F8NO. The van der Waals surface area contributed by atoms with E-state index in [1.807, 2.05) is 0 Å². The number of carbonyl (C=O) groups excluding carboxylic acids is 1. The number of anilines is 1. The molecule has 3 aromatic carbocycles. The molecule has 2 nitrogen and oxygen atoms in total. The highest BCUT2D eigenvalue weighted by Crippen LogP contribution is 2.41. The Bertz CT molecular complexity index is 1110. The maximum absolute atomic E-state index is 13.8. The smallest absolute Gasteiger partial charge is 0.321 e. The maximum Gasteiger partial charge on any atom is 0.418 e. The summed E-state index contributed by atoms with van der Waals surface area (Å²) in [6.45, 7) is 0. The third kappa shape index (κ3) is 4.68. The average molecular weight is 445 g/mol. The highest BCUT2D eigenvalue weighted by Gasteiger charge is 2.37. The van der Waals surface area contributed by atoms with Crippen molar-refractivity contribution in [2.75, 3.05) is 5.32 Å². The summed E-state index contributed by atoms with van der Waals surface area (Å²) in [4.78, 5) is 12.2. The number of hydrogen-bond donors (Lipinski definition) is 1. The van der Waals surface area contributed by atoms with E-state index in [-0.39, 0.29) is 0 Å². The number of halogens is 8. The SMILES string of the molecule is O=C(Nc1ccc(-c2ccccc2C(F)(F)F)cc1C(F)(F)F)c1c(F)cccc1F. The summed E-state index contributed by atoms with van der Waals surface area (Å²) in [5.74, 6) is -4.06. The van der Waals surface area contributed by atoms with E-state index in [2.05, 4.69) is 0 Å². The summed E-state index contributed by atoms with van der Waals surface area (Å²) in [5.41, 5.74) is -5.50. The summed E-state index contributed by atoms with van der Waals surface area (Å²) in [6.07, 6.45) is -9.90. The molecule has 0 heterocycles. The Morgan fingerprint density at radius 3 is 1.87 bits per heavy atom. The predicted octanol–water partition coefficient (Wildman–Crippen LogP) is 6.92. The van der Waals surface area contributed by atoms with Gasteiger partial charge in [0.1, 0.15) is 17.2 Å². The van der Waals surface area contributed by atoms with Crippen LogP contribution in [0.25, 0.3) is 11.1 Å². The fourth-order valence-corrected chi connectivity index (χ4v) is 2.94. The Hall–Kier alpha value is -3.43. The first-order chi connectivity index (χ1) is 14.4. The van der Waals surface area contributed by atoms with Gasteiger partial charge in [-0.3, -0.25) is 4.79 Å². The Morgan fingerprint density at radius 2 is 1.29 bits per heavy atom. The van der Waals surface area contributed by atoms with E-state index in [0.717, 1.165) is 48.5 Å². The van der Waals surface area contributed by atoms with Gasteiger partial charge < -0.3 is 5.32 Å². The lowest BCUT2D eigenvalue weighted by Crippen LogP contribution is -2.19. The van der Waals surface area contributed by atoms with Gasteiger partial charge in [0.25, 0.3) is 5.91 Å². The van der Waals surface area contributed by atoms with Crippen LogP contribution in [0.2, 0.25) is 0 Å². The van der Waals surface area contributed by atoms with Gasteiger partial charge in [0.2, 0.25) is 0 Å². The van der Waals surface area contributed by atoms with Crippen molar-refractivity contribution >= 4 is 11.6 Å². The van der Waals surface area contributed by atoms with Gasteiger partial charge in [0.15, 0.2) is 0 Å². The Kier molecular flexibility index (Phi) is 5.75. The van der Waals surface area contributed by atoms with Gasteiger partial charge in [0.05, 0.1) is 16.8 Å². The molecular weight excluding hydrogens is 434 g/mol. The van der Waals surface area contributed by atoms with Gasteiger partial charge in [0, 0.05) is 0 Å². The third-order valence-electron chi connectivity index (χ3n) is 4.31. The monoisotopic (exact) mass is 445 g/mol. The zero-order valence-electron chi connectivity index (χ0n) is 15.2. The van der Waals surface area contributed by atoms with Gasteiger partial charge >= 0.3 is 12.4 Å². The van der Waals surface area contributed by atoms with Gasteiger partial charge in [-0.25, -0.2) is 8.78 Å². The van der Waals surface area contributed by atoms with Crippen LogP contribution in [0.15, 0.2) is 60.7 Å². The van der Waals surface area contributed by atoms with Crippen LogP contribution in [0, 0.1) is 11.6 Å². The van der Waals surface area contributed by atoms with E-state index in [1.165, 1.54) is 6.07 Å². The van der Waals surface area contributed by atoms with Crippen molar-refractivity contribution in [2.24, 2.45) is 0 Å². The molecule has 0 saturated heterocycles. The Morgan fingerprint density at radius 1 is 0.710 bits per heavy atom. The molecule has 0 aliphatic heterocycles. The largest absolute Gasteiger partial charge is 0.418 e. The zero-order valence-corrected chi connectivity index (χ0v) is 15.2. The molecule has 0 bridgehead atoms. The molecule has 0 spiro atoms. The average Bonchev–Trinajstić information content (AvgIpc) is 2.66. The molecule has 0 aliphatic carbocycles. The van der Waals surface area contributed by atoms with Crippen molar-refractivity contribution in [1.29, 1.82) is 0 Å². The molecule has 3 rings (SSSR count). The van der Waals surface area contributed by atoms with Crippen molar-refractivity contribution in [3.05, 3.63) is 89.0 Å². The summed E-state index contributed by atoms with van der Waals surface area (Å²) in [5, 5.41) is 1.78. The van der Waals surface area contributed by atoms with E-state index < -0.39 is 63.4 Å². The van der Waals surface area contributed by atoms with Crippen LogP contribution >= 0.6 is 0 Å². The van der Waals surface area contributed by atoms with Crippen LogP contribution in [0.1, 0.15) is 21.5 Å². The molecule has 1 amide bonds. The predicted molar refractivity (Wildman–Crippen MR) is 96.2 cm³/mol. The normalized spacial score (nSPS) is 12.0. The highest BCUT2D eigenvalue weighted by atomic mass is 19.4. The minimum Gasteiger partial charge on any atom is -0.321 e. The summed E-state index contributed by atoms with van der Waals surface area (Å²) >= 11 is 0. The van der Waals surface area contributed by atoms with Gasteiger partial charge in [-0.2, -0.15) is 26.3 Å². The molecule has 0 atom stereocenters. The summed E-state index contributed by atoms with van der Waals surface area (Å²) < 4.78 is 108. The van der Waals surface area contributed by atoms with E-state index >= 15 is 0 Å². The molecule has 3 aromatic rings. The van der Waals surface area contributed by atoms with Crippen molar-refractivity contribution < 1.29 is 39.9 Å². The lowest BCUT2D eigenvalue weighted by Gasteiger charge is -2.18. The van der Waals surface area contributed by atoms with Gasteiger partial charge in [-0.15, -0.1) is 0 Å². The van der Waals surface area contributed by atoms with Crippen LogP contribution in [-0.2, 0) is 12.4 Å². The van der Waals surface area contributed by atoms with Crippen molar-refractivity contribution in [3.63, 3.8) is 0 Å². The molecule has 10 heteroatoms. The standard InChI is InChI=1S/C21H11F8NO/c22-15-6-3-7-16(23)18(15)19(31)30-17-9-8-11(10-14(17)21(27,28)29)12-4-1-2-5-13(12)20(24,25)26/h1-10H,(H,30,31). The molecule has 1 N–H and O–H groups in total. The van der Waals surface area contributed by atoms with Crippen LogP contribution in [0.5, 0.6) is 0 Å². The number of carbonyl (C=O) groups is 1. The first-order valence-corrected chi connectivity index (χ1v) is 8.53. The van der Waals surface area contributed by atoms with Gasteiger partial charge in [-0.1, -0.05) is 30.3 Å². The van der Waals surface area contributed by atoms with Crippen LogP contribution in [-0.4, -0.2) is 5.91 Å². The van der Waals surface area contributed by atoms with Crippen molar-refractivity contribution in [1.82, 2.24) is 0 Å². The second-order valence-corrected chi connectivity index (χ2v) is 6.35. The van der Waals surface area contributed by atoms with E-state index in [0.29, 0.717) is 6.07 Å². The summed E-state index contributed by atoms with van der Waals surface area (Å²) in [7, 11) is 0. The molecule has 0 aromatic heterocycles. The van der Waals surface area contributed by atoms with Crippen LogP contribution in [0.3, 0.4) is 0 Å². The molecule has 0 saturated carbocycles. The zero-order chi connectivity index (χ0) is 23.0. The number of rotatable bonds is 3. The molecule has 162 valence electrons. The molecule has 0 unspecified atom stereocenters. The van der Waals surface area contributed by atoms with E-state index in [1.54, 1.807) is 5.32 Å². The number of nitrogens with one attached hydrogen (secondary N) is 1. The Balaban J connectivity index is 2.08. The number of benzene rings is 3. The van der Waals surface area contributed by atoms with Crippen molar-refractivity contribution in [3.8, 4) is 11.1 Å². The second-order valence-electron chi connectivity index (χ2n) is 6.35. The first-order valence-electron chi connectivity index (χ1n) is 8.53. The minimum atomic E-state index is -5.08. The molecule has 0 fully saturated rings. The molecule has 0 aliphatic rings. The first kappa shape index (κ1) is 22.3. The van der Waals surface area contributed by atoms with Crippen molar-refractivity contribution in [2.45, 2.75) is 12.4 Å². The minimum absolute atomic E-state index is 0.407. The van der Waals surface area contributed by atoms with Crippen LogP contribution in [0.4, 0.5) is 40.8 Å². The third-order valence-corrected chi connectivity index (χ3v) is 4.31. The number of hydrogen-bond acceptors (Lipinski definition) is 1. The molecule has 0 radical (unpaired) electrons. The fourth-order valence-electron chi connectivity index (χ4n) is 2.94. The topological polar surface area (TPSA) is 29.1 Å². The fraction of sp³-hybridized carbons (Fsp3) is 0.0952.